The minimum absolute atomic E-state index is 0.0579. The van der Waals surface area contributed by atoms with Gasteiger partial charge in [-0.15, -0.1) is 0 Å². The molecule has 0 saturated heterocycles. The zero-order chi connectivity index (χ0) is 19.9. The number of hydrogen-bond acceptors (Lipinski definition) is 3. The molecule has 0 aromatic heterocycles. The molecule has 1 N–H and O–H groups in total. The highest BCUT2D eigenvalue weighted by Crippen LogP contribution is 2.19. The van der Waals surface area contributed by atoms with E-state index in [2.05, 4.69) is 5.32 Å². The molecule has 0 heterocycles. The zero-order valence-corrected chi connectivity index (χ0v) is 16.6. The lowest BCUT2D eigenvalue weighted by Gasteiger charge is -2.21. The van der Waals surface area contributed by atoms with Crippen molar-refractivity contribution in [3.05, 3.63) is 64.9 Å². The molecular weight excluding hydrogens is 391 g/mol. The van der Waals surface area contributed by atoms with E-state index in [0.29, 0.717) is 24.4 Å². The molecule has 0 unspecified atom stereocenters. The smallest absolute Gasteiger partial charge is 0.243 e. The fraction of sp³-hybridized carbons (Fsp3) is 0.316. The van der Waals surface area contributed by atoms with Crippen LogP contribution in [0.1, 0.15) is 18.9 Å². The summed E-state index contributed by atoms with van der Waals surface area (Å²) in [4.78, 5) is 12.3. The van der Waals surface area contributed by atoms with Crippen LogP contribution in [0.15, 0.2) is 53.4 Å². The van der Waals surface area contributed by atoms with Crippen molar-refractivity contribution < 1.29 is 17.6 Å². The van der Waals surface area contributed by atoms with Gasteiger partial charge in [0, 0.05) is 18.1 Å². The molecule has 0 atom stereocenters. The van der Waals surface area contributed by atoms with Crippen LogP contribution in [-0.4, -0.2) is 38.3 Å². The summed E-state index contributed by atoms with van der Waals surface area (Å²) < 4.78 is 39.6. The van der Waals surface area contributed by atoms with Crippen LogP contribution in [0.5, 0.6) is 0 Å². The molecule has 0 saturated carbocycles. The number of benzene rings is 2. The van der Waals surface area contributed by atoms with Gasteiger partial charge in [0.05, 0.1) is 11.4 Å². The van der Waals surface area contributed by atoms with Gasteiger partial charge in [0.2, 0.25) is 15.9 Å². The Hall–Kier alpha value is -1.96. The number of carbonyl (C=O) groups is 1. The molecular formula is C19H22ClFN2O3S. The number of carbonyl (C=O) groups excluding carboxylic acids is 1. The maximum absolute atomic E-state index is 12.9. The predicted octanol–water partition coefficient (Wildman–Crippen LogP) is 3.24. The number of hydrogen-bond donors (Lipinski definition) is 1. The van der Waals surface area contributed by atoms with Gasteiger partial charge in [-0.1, -0.05) is 36.7 Å². The molecule has 0 aliphatic carbocycles. The summed E-state index contributed by atoms with van der Waals surface area (Å²) in [6.45, 7) is 2.13. The van der Waals surface area contributed by atoms with Crippen molar-refractivity contribution in [2.24, 2.45) is 0 Å². The largest absolute Gasteiger partial charge is 0.355 e. The third kappa shape index (κ3) is 6.30. The SMILES string of the molecule is CCCN(CC(=O)NCCc1ccc(F)cc1)S(=O)(=O)c1cccc(Cl)c1. The quantitative estimate of drug-likeness (QED) is 0.687. The Morgan fingerprint density at radius 1 is 1.19 bits per heavy atom. The van der Waals surface area contributed by atoms with Crippen LogP contribution in [0.25, 0.3) is 0 Å². The molecule has 2 aromatic rings. The van der Waals surface area contributed by atoms with Gasteiger partial charge in [0.15, 0.2) is 0 Å². The molecule has 5 nitrogen and oxygen atoms in total. The second-order valence-electron chi connectivity index (χ2n) is 6.02. The summed E-state index contributed by atoms with van der Waals surface area (Å²) in [7, 11) is -3.82. The van der Waals surface area contributed by atoms with Crippen molar-refractivity contribution in [2.75, 3.05) is 19.6 Å². The first kappa shape index (κ1) is 21.3. The summed E-state index contributed by atoms with van der Waals surface area (Å²) in [5.74, 6) is -0.708. The van der Waals surface area contributed by atoms with Crippen LogP contribution in [0.3, 0.4) is 0 Å². The van der Waals surface area contributed by atoms with E-state index in [9.17, 15) is 17.6 Å². The Morgan fingerprint density at radius 3 is 2.52 bits per heavy atom. The maximum Gasteiger partial charge on any atom is 0.243 e. The molecule has 0 aliphatic rings. The minimum Gasteiger partial charge on any atom is -0.355 e. The van der Waals surface area contributed by atoms with E-state index in [-0.39, 0.29) is 23.8 Å². The predicted molar refractivity (Wildman–Crippen MR) is 104 cm³/mol. The van der Waals surface area contributed by atoms with E-state index < -0.39 is 15.9 Å². The van der Waals surface area contributed by atoms with Gasteiger partial charge in [0.25, 0.3) is 0 Å². The molecule has 0 spiro atoms. The second-order valence-corrected chi connectivity index (χ2v) is 8.40. The van der Waals surface area contributed by atoms with Gasteiger partial charge >= 0.3 is 0 Å². The number of nitrogens with zero attached hydrogens (tertiary/aromatic N) is 1. The van der Waals surface area contributed by atoms with Crippen molar-refractivity contribution in [1.29, 1.82) is 0 Å². The standard InChI is InChI=1S/C19H22ClFN2O3S/c1-2-12-23(27(25,26)18-5-3-4-16(20)13-18)14-19(24)22-11-10-15-6-8-17(21)9-7-15/h3-9,13H,2,10-12,14H2,1H3,(H,22,24). The van der Waals surface area contributed by atoms with Gasteiger partial charge in [-0.05, 0) is 48.7 Å². The Bertz CT molecular complexity index is 873. The molecule has 0 fully saturated rings. The minimum atomic E-state index is -3.82. The number of rotatable bonds is 9. The van der Waals surface area contributed by atoms with Gasteiger partial charge < -0.3 is 5.32 Å². The molecule has 1 amide bonds. The molecule has 27 heavy (non-hydrogen) atoms. The van der Waals surface area contributed by atoms with Crippen molar-refractivity contribution >= 4 is 27.5 Å². The van der Waals surface area contributed by atoms with Crippen molar-refractivity contribution in [3.63, 3.8) is 0 Å². The number of amides is 1. The Balaban J connectivity index is 1.98. The third-order valence-corrected chi connectivity index (χ3v) is 5.95. The molecule has 0 radical (unpaired) electrons. The van der Waals surface area contributed by atoms with Crippen molar-refractivity contribution in [1.82, 2.24) is 9.62 Å². The summed E-state index contributed by atoms with van der Waals surface area (Å²) in [5, 5.41) is 3.02. The van der Waals surface area contributed by atoms with E-state index in [1.165, 1.54) is 24.3 Å². The highest BCUT2D eigenvalue weighted by Gasteiger charge is 2.26. The Morgan fingerprint density at radius 2 is 1.89 bits per heavy atom. The van der Waals surface area contributed by atoms with Crippen molar-refractivity contribution in [2.45, 2.75) is 24.7 Å². The lowest BCUT2D eigenvalue weighted by atomic mass is 10.1. The fourth-order valence-corrected chi connectivity index (χ4v) is 4.31. The molecule has 2 aromatic carbocycles. The summed E-state index contributed by atoms with van der Waals surface area (Å²) >= 11 is 5.89. The molecule has 146 valence electrons. The Kier molecular flexibility index (Phi) is 7.77. The van der Waals surface area contributed by atoms with Gasteiger partial charge in [-0.25, -0.2) is 12.8 Å². The summed E-state index contributed by atoms with van der Waals surface area (Å²) in [6, 6.07) is 12.0. The maximum atomic E-state index is 12.9. The zero-order valence-electron chi connectivity index (χ0n) is 15.0. The van der Waals surface area contributed by atoms with Gasteiger partial charge in [-0.2, -0.15) is 4.31 Å². The normalized spacial score (nSPS) is 11.6. The van der Waals surface area contributed by atoms with Crippen LogP contribution in [0.4, 0.5) is 4.39 Å². The molecule has 2 rings (SSSR count). The van der Waals surface area contributed by atoms with Gasteiger partial charge in [-0.3, -0.25) is 4.79 Å². The van der Waals surface area contributed by atoms with E-state index in [4.69, 9.17) is 11.6 Å². The van der Waals surface area contributed by atoms with Crippen LogP contribution in [-0.2, 0) is 21.2 Å². The highest BCUT2D eigenvalue weighted by atomic mass is 35.5. The van der Waals surface area contributed by atoms with E-state index in [1.54, 1.807) is 24.3 Å². The van der Waals surface area contributed by atoms with Crippen LogP contribution >= 0.6 is 11.6 Å². The van der Waals surface area contributed by atoms with Gasteiger partial charge in [0.1, 0.15) is 5.82 Å². The fourth-order valence-electron chi connectivity index (χ4n) is 2.52. The lowest BCUT2D eigenvalue weighted by Crippen LogP contribution is -2.41. The number of halogens is 2. The first-order chi connectivity index (χ1) is 12.8. The average molecular weight is 413 g/mol. The highest BCUT2D eigenvalue weighted by molar-refractivity contribution is 7.89. The summed E-state index contributed by atoms with van der Waals surface area (Å²) in [5.41, 5.74) is 0.883. The molecule has 0 bridgehead atoms. The first-order valence-corrected chi connectivity index (χ1v) is 10.4. The van der Waals surface area contributed by atoms with Crippen LogP contribution in [0.2, 0.25) is 5.02 Å². The third-order valence-electron chi connectivity index (χ3n) is 3.88. The van der Waals surface area contributed by atoms with E-state index in [1.807, 2.05) is 6.92 Å². The molecule has 0 aliphatic heterocycles. The van der Waals surface area contributed by atoms with E-state index in [0.717, 1.165) is 9.87 Å². The van der Waals surface area contributed by atoms with Crippen LogP contribution in [0, 0.1) is 5.82 Å². The number of sulfonamides is 1. The number of nitrogens with one attached hydrogen (secondary N) is 1. The van der Waals surface area contributed by atoms with Crippen molar-refractivity contribution in [3.8, 4) is 0 Å². The van der Waals surface area contributed by atoms with E-state index >= 15 is 0 Å². The topological polar surface area (TPSA) is 66.5 Å². The second kappa shape index (κ2) is 9.82. The first-order valence-electron chi connectivity index (χ1n) is 8.60. The lowest BCUT2D eigenvalue weighted by molar-refractivity contribution is -0.121. The average Bonchev–Trinajstić information content (AvgIpc) is 2.63. The molecule has 8 heteroatoms. The Labute approximate surface area is 164 Å². The summed E-state index contributed by atoms with van der Waals surface area (Å²) in [6.07, 6.45) is 1.10. The monoisotopic (exact) mass is 412 g/mol. The van der Waals surface area contributed by atoms with Crippen LogP contribution < -0.4 is 5.32 Å².